The summed E-state index contributed by atoms with van der Waals surface area (Å²) in [6.07, 6.45) is 6.39. The van der Waals surface area contributed by atoms with Crippen molar-refractivity contribution in [2.24, 2.45) is 11.7 Å². The second-order valence-electron chi connectivity index (χ2n) is 7.72. The predicted molar refractivity (Wildman–Crippen MR) is 114 cm³/mol. The largest absolute Gasteiger partial charge is 0.329 e. The van der Waals surface area contributed by atoms with Crippen molar-refractivity contribution in [3.8, 4) is 0 Å². The highest BCUT2D eigenvalue weighted by Crippen LogP contribution is 2.41. The Bertz CT molecular complexity index is 567. The van der Waals surface area contributed by atoms with Crippen LogP contribution in [0.15, 0.2) is 60.7 Å². The number of hydrogen-bond acceptors (Lipinski definition) is 2. The van der Waals surface area contributed by atoms with Gasteiger partial charge in [-0.2, -0.15) is 0 Å². The van der Waals surface area contributed by atoms with E-state index in [-0.39, 0.29) is 5.41 Å². The number of unbranched alkanes of at least 4 members (excludes halogenated alkanes) is 3. The molecule has 0 aliphatic rings. The van der Waals surface area contributed by atoms with E-state index in [1.165, 1.54) is 43.2 Å². The summed E-state index contributed by atoms with van der Waals surface area (Å²) < 4.78 is 0. The van der Waals surface area contributed by atoms with Crippen molar-refractivity contribution in [3.63, 3.8) is 0 Å². The summed E-state index contributed by atoms with van der Waals surface area (Å²) in [6, 6.07) is 21.8. The van der Waals surface area contributed by atoms with Crippen LogP contribution in [0.5, 0.6) is 0 Å². The summed E-state index contributed by atoms with van der Waals surface area (Å²) >= 11 is 0. The fraction of sp³-hybridized carbons (Fsp3) is 0.500. The molecule has 0 aromatic heterocycles. The average Bonchev–Trinajstić information content (AvgIpc) is 2.67. The van der Waals surface area contributed by atoms with E-state index in [9.17, 15) is 0 Å². The maximum atomic E-state index is 6.56. The van der Waals surface area contributed by atoms with Crippen molar-refractivity contribution in [3.05, 3.63) is 71.8 Å². The molecule has 0 saturated heterocycles. The van der Waals surface area contributed by atoms with E-state index >= 15 is 0 Å². The molecule has 26 heavy (non-hydrogen) atoms. The quantitative estimate of drug-likeness (QED) is 0.571. The second kappa shape index (κ2) is 10.5. The maximum absolute atomic E-state index is 6.56. The monoisotopic (exact) mass is 352 g/mol. The van der Waals surface area contributed by atoms with Crippen molar-refractivity contribution < 1.29 is 0 Å². The molecule has 0 aliphatic heterocycles. The molecule has 0 amide bonds. The zero-order valence-electron chi connectivity index (χ0n) is 16.8. The molecule has 2 heteroatoms. The lowest BCUT2D eigenvalue weighted by Gasteiger charge is -2.43. The molecule has 2 N–H and O–H groups in total. The zero-order valence-corrected chi connectivity index (χ0v) is 16.8. The number of benzene rings is 2. The van der Waals surface area contributed by atoms with Crippen LogP contribution in [0.25, 0.3) is 0 Å². The van der Waals surface area contributed by atoms with Crippen LogP contribution in [-0.2, 0) is 5.41 Å². The third kappa shape index (κ3) is 4.96. The van der Waals surface area contributed by atoms with Crippen LogP contribution in [0.4, 0.5) is 0 Å². The molecule has 2 nitrogen and oxygen atoms in total. The molecule has 0 fully saturated rings. The normalized spacial score (nSPS) is 13.1. The second-order valence-corrected chi connectivity index (χ2v) is 7.72. The Morgan fingerprint density at radius 1 is 0.846 bits per heavy atom. The predicted octanol–water partition coefficient (Wildman–Crippen LogP) is 5.08. The smallest absolute Gasteiger partial charge is 0.0365 e. The van der Waals surface area contributed by atoms with Gasteiger partial charge in [0.1, 0.15) is 0 Å². The minimum Gasteiger partial charge on any atom is -0.329 e. The van der Waals surface area contributed by atoms with Crippen molar-refractivity contribution in [2.45, 2.75) is 44.4 Å². The summed E-state index contributed by atoms with van der Waals surface area (Å²) in [4.78, 5) is 2.32. The number of nitrogens with two attached hydrogens (primary N) is 1. The first-order valence-corrected chi connectivity index (χ1v) is 10.1. The molecule has 0 aliphatic carbocycles. The van der Waals surface area contributed by atoms with Gasteiger partial charge in [0.2, 0.25) is 0 Å². The lowest BCUT2D eigenvalue weighted by atomic mass is 9.64. The van der Waals surface area contributed by atoms with Crippen molar-refractivity contribution in [2.75, 3.05) is 27.2 Å². The maximum Gasteiger partial charge on any atom is 0.0365 e. The molecular weight excluding hydrogens is 316 g/mol. The molecule has 0 saturated carbocycles. The molecule has 0 spiro atoms. The Morgan fingerprint density at radius 2 is 1.38 bits per heavy atom. The topological polar surface area (TPSA) is 29.3 Å². The van der Waals surface area contributed by atoms with Crippen LogP contribution in [0.1, 0.15) is 50.2 Å². The lowest BCUT2D eigenvalue weighted by molar-refractivity contribution is 0.223. The molecule has 2 rings (SSSR count). The highest BCUT2D eigenvalue weighted by molar-refractivity contribution is 5.41. The van der Waals surface area contributed by atoms with Gasteiger partial charge in [-0.15, -0.1) is 0 Å². The third-order valence-electron chi connectivity index (χ3n) is 5.59. The third-order valence-corrected chi connectivity index (χ3v) is 5.59. The summed E-state index contributed by atoms with van der Waals surface area (Å²) in [5.41, 5.74) is 9.11. The van der Waals surface area contributed by atoms with Crippen LogP contribution in [-0.4, -0.2) is 32.1 Å². The first kappa shape index (κ1) is 20.7. The molecule has 2 aromatic rings. The Hall–Kier alpha value is -1.64. The standard InChI is InChI=1S/C24H36N2/c1-4-5-6-9-18-23(19-26(2)3)24(20-25,21-14-10-7-11-15-21)22-16-12-8-13-17-22/h7-8,10-17,23H,4-6,9,18-20,25H2,1-3H3. The highest BCUT2D eigenvalue weighted by Gasteiger charge is 2.40. The van der Waals surface area contributed by atoms with Crippen LogP contribution in [0.3, 0.4) is 0 Å². The molecular formula is C24H36N2. The van der Waals surface area contributed by atoms with Gasteiger partial charge < -0.3 is 10.6 Å². The van der Waals surface area contributed by atoms with Gasteiger partial charge in [-0.1, -0.05) is 93.3 Å². The molecule has 142 valence electrons. The first-order valence-electron chi connectivity index (χ1n) is 10.1. The molecule has 0 heterocycles. The van der Waals surface area contributed by atoms with Gasteiger partial charge in [0.25, 0.3) is 0 Å². The Balaban J connectivity index is 2.47. The summed E-state index contributed by atoms with van der Waals surface area (Å²) in [5.74, 6) is 0.490. The molecule has 0 radical (unpaired) electrons. The zero-order chi connectivity index (χ0) is 18.8. The van der Waals surface area contributed by atoms with Gasteiger partial charge in [0.05, 0.1) is 0 Å². The first-order chi connectivity index (χ1) is 12.6. The number of rotatable bonds is 11. The minimum atomic E-state index is -0.140. The minimum absolute atomic E-state index is 0.140. The van der Waals surface area contributed by atoms with Gasteiger partial charge in [0.15, 0.2) is 0 Å². The lowest BCUT2D eigenvalue weighted by Crippen LogP contribution is -2.47. The summed E-state index contributed by atoms with van der Waals surface area (Å²) in [7, 11) is 4.35. The molecule has 1 atom stereocenters. The van der Waals surface area contributed by atoms with E-state index in [1.54, 1.807) is 0 Å². The summed E-state index contributed by atoms with van der Waals surface area (Å²) in [5, 5.41) is 0. The van der Waals surface area contributed by atoms with Gasteiger partial charge in [-0.05, 0) is 37.6 Å². The Morgan fingerprint density at radius 3 is 1.81 bits per heavy atom. The number of nitrogens with zero attached hydrogens (tertiary/aromatic N) is 1. The van der Waals surface area contributed by atoms with Crippen molar-refractivity contribution in [1.29, 1.82) is 0 Å². The summed E-state index contributed by atoms with van der Waals surface area (Å²) in [6.45, 7) is 3.95. The number of hydrogen-bond donors (Lipinski definition) is 1. The van der Waals surface area contributed by atoms with Crippen molar-refractivity contribution in [1.82, 2.24) is 4.90 Å². The van der Waals surface area contributed by atoms with Gasteiger partial charge in [0, 0.05) is 18.5 Å². The van der Waals surface area contributed by atoms with Crippen LogP contribution in [0, 0.1) is 5.92 Å². The van der Waals surface area contributed by atoms with Crippen molar-refractivity contribution >= 4 is 0 Å². The SMILES string of the molecule is CCCCCCC(CN(C)C)C(CN)(c1ccccc1)c1ccccc1. The molecule has 0 bridgehead atoms. The van der Waals surface area contributed by atoms with E-state index in [4.69, 9.17) is 5.73 Å². The molecule has 2 aromatic carbocycles. The van der Waals surface area contributed by atoms with Gasteiger partial charge in [-0.3, -0.25) is 0 Å². The van der Waals surface area contributed by atoms with Crippen LogP contribution in [0.2, 0.25) is 0 Å². The fourth-order valence-corrected chi connectivity index (χ4v) is 4.26. The molecule has 1 unspecified atom stereocenters. The van der Waals surface area contributed by atoms with E-state index in [2.05, 4.69) is 86.6 Å². The Kier molecular flexibility index (Phi) is 8.34. The van der Waals surface area contributed by atoms with E-state index in [0.717, 1.165) is 6.54 Å². The average molecular weight is 353 g/mol. The van der Waals surface area contributed by atoms with E-state index in [1.807, 2.05) is 0 Å². The van der Waals surface area contributed by atoms with Crippen LogP contribution >= 0.6 is 0 Å². The Labute approximate surface area is 160 Å². The fourth-order valence-electron chi connectivity index (χ4n) is 4.26. The highest BCUT2D eigenvalue weighted by atomic mass is 15.1. The van der Waals surface area contributed by atoms with E-state index in [0.29, 0.717) is 12.5 Å². The van der Waals surface area contributed by atoms with Gasteiger partial charge >= 0.3 is 0 Å². The van der Waals surface area contributed by atoms with Crippen LogP contribution < -0.4 is 5.73 Å². The van der Waals surface area contributed by atoms with E-state index < -0.39 is 0 Å². The van der Waals surface area contributed by atoms with Gasteiger partial charge in [-0.25, -0.2) is 0 Å².